The van der Waals surface area contributed by atoms with Crippen LogP contribution in [0, 0.1) is 6.92 Å². The third-order valence-electron chi connectivity index (χ3n) is 2.32. The number of carbonyl (C=O) groups is 1. The summed E-state index contributed by atoms with van der Waals surface area (Å²) in [4.78, 5) is 15.2. The van der Waals surface area contributed by atoms with Crippen LogP contribution in [0.2, 0.25) is 0 Å². The summed E-state index contributed by atoms with van der Waals surface area (Å²) in [7, 11) is 0. The minimum absolute atomic E-state index is 0.0924. The summed E-state index contributed by atoms with van der Waals surface area (Å²) < 4.78 is 40.2. The third kappa shape index (κ3) is 4.09. The SMILES string of the molecule is Cc1sc(Nc2cccc(OC(F)(F)F)c2)nc1C(=O)O. The van der Waals surface area contributed by atoms with Gasteiger partial charge in [-0.15, -0.1) is 24.5 Å². The number of carboxylic acid groups (broad SMARTS) is 1. The van der Waals surface area contributed by atoms with E-state index in [0.29, 0.717) is 10.6 Å². The van der Waals surface area contributed by atoms with Gasteiger partial charge in [0.2, 0.25) is 0 Å². The molecule has 0 aliphatic rings. The molecule has 0 saturated heterocycles. The van der Waals surface area contributed by atoms with Crippen molar-refractivity contribution in [2.24, 2.45) is 0 Å². The predicted molar refractivity (Wildman–Crippen MR) is 70.2 cm³/mol. The van der Waals surface area contributed by atoms with Gasteiger partial charge in [0.25, 0.3) is 0 Å². The second kappa shape index (κ2) is 5.60. The molecule has 0 aliphatic heterocycles. The predicted octanol–water partition coefficient (Wildman–Crippen LogP) is 3.79. The van der Waals surface area contributed by atoms with Crippen LogP contribution in [0.5, 0.6) is 5.75 Å². The number of thiazole rings is 1. The third-order valence-corrected chi connectivity index (χ3v) is 3.20. The van der Waals surface area contributed by atoms with Crippen molar-refractivity contribution in [2.75, 3.05) is 5.32 Å². The number of rotatable bonds is 4. The van der Waals surface area contributed by atoms with Gasteiger partial charge in [-0.25, -0.2) is 9.78 Å². The zero-order valence-corrected chi connectivity index (χ0v) is 11.4. The van der Waals surface area contributed by atoms with Crippen molar-refractivity contribution in [1.82, 2.24) is 4.98 Å². The molecule has 0 atom stereocenters. The first-order chi connectivity index (χ1) is 9.74. The van der Waals surface area contributed by atoms with Gasteiger partial charge in [0, 0.05) is 16.6 Å². The Balaban J connectivity index is 2.18. The number of hydrogen-bond donors (Lipinski definition) is 2. The van der Waals surface area contributed by atoms with Crippen LogP contribution in [0.3, 0.4) is 0 Å². The quantitative estimate of drug-likeness (QED) is 0.897. The highest BCUT2D eigenvalue weighted by Gasteiger charge is 2.31. The molecule has 112 valence electrons. The summed E-state index contributed by atoms with van der Waals surface area (Å²) in [6.07, 6.45) is -4.77. The highest BCUT2D eigenvalue weighted by molar-refractivity contribution is 7.15. The lowest BCUT2D eigenvalue weighted by molar-refractivity contribution is -0.274. The molecule has 5 nitrogen and oxygen atoms in total. The maximum atomic E-state index is 12.1. The van der Waals surface area contributed by atoms with Crippen LogP contribution in [0.15, 0.2) is 24.3 Å². The Hall–Kier alpha value is -2.29. The van der Waals surface area contributed by atoms with Gasteiger partial charge < -0.3 is 15.2 Å². The van der Waals surface area contributed by atoms with Gasteiger partial charge in [-0.3, -0.25) is 0 Å². The molecule has 1 heterocycles. The molecule has 0 bridgehead atoms. The average molecular weight is 318 g/mol. The molecule has 0 spiro atoms. The van der Waals surface area contributed by atoms with Gasteiger partial charge in [-0.1, -0.05) is 6.07 Å². The number of ether oxygens (including phenoxy) is 1. The number of anilines is 2. The summed E-state index contributed by atoms with van der Waals surface area (Å²) in [5, 5.41) is 11.9. The van der Waals surface area contributed by atoms with Crippen molar-refractivity contribution in [3.05, 3.63) is 34.8 Å². The number of nitrogens with one attached hydrogen (secondary N) is 1. The van der Waals surface area contributed by atoms with E-state index in [9.17, 15) is 18.0 Å². The van der Waals surface area contributed by atoms with E-state index in [0.717, 1.165) is 23.5 Å². The van der Waals surface area contributed by atoms with E-state index in [4.69, 9.17) is 5.11 Å². The number of carboxylic acids is 1. The molecule has 0 aliphatic carbocycles. The summed E-state index contributed by atoms with van der Waals surface area (Å²) in [5.74, 6) is -1.54. The minimum Gasteiger partial charge on any atom is -0.476 e. The van der Waals surface area contributed by atoms with Crippen LogP contribution in [0.4, 0.5) is 24.0 Å². The topological polar surface area (TPSA) is 71.5 Å². The van der Waals surface area contributed by atoms with Crippen molar-refractivity contribution < 1.29 is 27.8 Å². The normalized spacial score (nSPS) is 11.2. The first-order valence-electron chi connectivity index (χ1n) is 5.58. The Kier molecular flexibility index (Phi) is 4.03. The molecule has 0 fully saturated rings. The van der Waals surface area contributed by atoms with E-state index in [2.05, 4.69) is 15.0 Å². The molecule has 0 radical (unpaired) electrons. The van der Waals surface area contributed by atoms with E-state index in [-0.39, 0.29) is 16.6 Å². The zero-order chi connectivity index (χ0) is 15.6. The Labute approximate surface area is 121 Å². The van der Waals surface area contributed by atoms with Crippen LogP contribution in [-0.2, 0) is 0 Å². The molecule has 2 aromatic rings. The van der Waals surface area contributed by atoms with Crippen molar-refractivity contribution in [3.8, 4) is 5.75 Å². The lowest BCUT2D eigenvalue weighted by atomic mass is 10.3. The largest absolute Gasteiger partial charge is 0.573 e. The summed E-state index contributed by atoms with van der Waals surface area (Å²) >= 11 is 1.09. The Morgan fingerprint density at radius 2 is 2.14 bits per heavy atom. The Bertz CT molecular complexity index is 670. The van der Waals surface area contributed by atoms with E-state index < -0.39 is 12.3 Å². The standard InChI is InChI=1S/C12H9F3N2O3S/c1-6-9(10(18)19)17-11(21-6)16-7-3-2-4-8(5-7)20-12(13,14)15/h2-5H,1H3,(H,16,17)(H,18,19). The van der Waals surface area contributed by atoms with Gasteiger partial charge in [0.15, 0.2) is 10.8 Å². The van der Waals surface area contributed by atoms with Gasteiger partial charge in [0.1, 0.15) is 5.75 Å². The molecule has 21 heavy (non-hydrogen) atoms. The molecule has 1 aromatic carbocycles. The maximum Gasteiger partial charge on any atom is 0.573 e. The van der Waals surface area contributed by atoms with Crippen molar-refractivity contribution in [2.45, 2.75) is 13.3 Å². The number of nitrogens with zero attached hydrogens (tertiary/aromatic N) is 1. The lowest BCUT2D eigenvalue weighted by Gasteiger charge is -2.10. The number of alkyl halides is 3. The fourth-order valence-corrected chi connectivity index (χ4v) is 2.37. The summed E-state index contributed by atoms with van der Waals surface area (Å²) in [6.45, 7) is 1.59. The molecule has 0 unspecified atom stereocenters. The molecule has 0 amide bonds. The Morgan fingerprint density at radius 3 is 2.71 bits per heavy atom. The van der Waals surface area contributed by atoms with Crippen molar-refractivity contribution >= 4 is 28.1 Å². The first kappa shape index (κ1) is 15.1. The van der Waals surface area contributed by atoms with Crippen LogP contribution in [-0.4, -0.2) is 22.4 Å². The first-order valence-corrected chi connectivity index (χ1v) is 6.40. The Morgan fingerprint density at radius 1 is 1.43 bits per heavy atom. The van der Waals surface area contributed by atoms with E-state index in [1.54, 1.807) is 6.92 Å². The molecule has 1 aromatic heterocycles. The molecule has 2 rings (SSSR count). The van der Waals surface area contributed by atoms with Gasteiger partial charge >= 0.3 is 12.3 Å². The lowest BCUT2D eigenvalue weighted by Crippen LogP contribution is -2.17. The number of aromatic carboxylic acids is 1. The van der Waals surface area contributed by atoms with E-state index in [1.807, 2.05) is 0 Å². The summed E-state index contributed by atoms with van der Waals surface area (Å²) in [5.41, 5.74) is 0.215. The van der Waals surface area contributed by atoms with Gasteiger partial charge in [0.05, 0.1) is 0 Å². The fourth-order valence-electron chi connectivity index (χ4n) is 1.54. The van der Waals surface area contributed by atoms with E-state index in [1.165, 1.54) is 12.1 Å². The van der Waals surface area contributed by atoms with Crippen molar-refractivity contribution in [3.63, 3.8) is 0 Å². The second-order valence-electron chi connectivity index (χ2n) is 3.93. The van der Waals surface area contributed by atoms with Gasteiger partial charge in [-0.2, -0.15) is 0 Å². The van der Waals surface area contributed by atoms with Crippen molar-refractivity contribution in [1.29, 1.82) is 0 Å². The van der Waals surface area contributed by atoms with Crippen LogP contribution in [0.1, 0.15) is 15.4 Å². The molecule has 9 heteroatoms. The van der Waals surface area contributed by atoms with Crippen LogP contribution >= 0.6 is 11.3 Å². The maximum absolute atomic E-state index is 12.1. The van der Waals surface area contributed by atoms with Gasteiger partial charge in [-0.05, 0) is 19.1 Å². The molecular weight excluding hydrogens is 309 g/mol. The number of benzene rings is 1. The average Bonchev–Trinajstić information content (AvgIpc) is 2.68. The van der Waals surface area contributed by atoms with Crippen LogP contribution < -0.4 is 10.1 Å². The smallest absolute Gasteiger partial charge is 0.476 e. The highest BCUT2D eigenvalue weighted by atomic mass is 32.1. The molecule has 2 N–H and O–H groups in total. The monoisotopic (exact) mass is 318 g/mol. The minimum atomic E-state index is -4.77. The summed E-state index contributed by atoms with van der Waals surface area (Å²) in [6, 6.07) is 5.20. The van der Waals surface area contributed by atoms with E-state index >= 15 is 0 Å². The highest BCUT2D eigenvalue weighted by Crippen LogP contribution is 2.29. The van der Waals surface area contributed by atoms with Crippen LogP contribution in [0.25, 0.3) is 0 Å². The second-order valence-corrected chi connectivity index (χ2v) is 5.13. The number of aryl methyl sites for hydroxylation is 1. The molecular formula is C12H9F3N2O3S. The fraction of sp³-hybridized carbons (Fsp3) is 0.167. The number of hydrogen-bond acceptors (Lipinski definition) is 5. The molecule has 0 saturated carbocycles. The zero-order valence-electron chi connectivity index (χ0n) is 10.6. The number of aromatic nitrogens is 1. The number of halogens is 3.